The summed E-state index contributed by atoms with van der Waals surface area (Å²) in [5.74, 6) is -0.473. The van der Waals surface area contributed by atoms with Gasteiger partial charge in [0.25, 0.3) is 5.54 Å². The minimum atomic E-state index is -1.60. The zero-order chi connectivity index (χ0) is 14.9. The summed E-state index contributed by atoms with van der Waals surface area (Å²) in [5, 5.41) is 11.1. The van der Waals surface area contributed by atoms with Crippen LogP contribution in [0.3, 0.4) is 0 Å². The average Bonchev–Trinajstić information content (AvgIpc) is 2.35. The number of rotatable bonds is 11. The molecule has 0 radical (unpaired) electrons. The number of nitrogens with zero attached hydrogens (tertiary/aromatic N) is 1. The highest BCUT2D eigenvalue weighted by atomic mass is 16.6. The van der Waals surface area contributed by atoms with Gasteiger partial charge in [-0.25, -0.2) is 0 Å². The van der Waals surface area contributed by atoms with Gasteiger partial charge < -0.3 is 4.79 Å². The summed E-state index contributed by atoms with van der Waals surface area (Å²) < 4.78 is 0. The van der Waals surface area contributed by atoms with Gasteiger partial charge in [0.1, 0.15) is 5.78 Å². The Balaban J connectivity index is 4.32. The van der Waals surface area contributed by atoms with Crippen LogP contribution >= 0.6 is 0 Å². The third kappa shape index (κ3) is 6.45. The number of hydrogen-bond acceptors (Lipinski definition) is 4. The maximum Gasteiger partial charge on any atom is 0.276 e. The van der Waals surface area contributed by atoms with E-state index in [1.807, 2.05) is 0 Å². The van der Waals surface area contributed by atoms with Crippen molar-refractivity contribution in [2.24, 2.45) is 0 Å². The third-order valence-electron chi connectivity index (χ3n) is 3.47. The molecule has 0 N–H and O–H groups in total. The Morgan fingerprint density at radius 3 is 2.16 bits per heavy atom. The van der Waals surface area contributed by atoms with Gasteiger partial charge in [0.15, 0.2) is 0 Å². The lowest BCUT2D eigenvalue weighted by atomic mass is 9.88. The molecule has 0 aliphatic rings. The molecular formula is C14H25NO4. The summed E-state index contributed by atoms with van der Waals surface area (Å²) in [4.78, 5) is 33.5. The van der Waals surface area contributed by atoms with Crippen LogP contribution in [0.25, 0.3) is 0 Å². The van der Waals surface area contributed by atoms with Crippen molar-refractivity contribution in [3.63, 3.8) is 0 Å². The molecule has 0 amide bonds. The van der Waals surface area contributed by atoms with Crippen LogP contribution in [0.5, 0.6) is 0 Å². The summed E-state index contributed by atoms with van der Waals surface area (Å²) >= 11 is 0. The predicted octanol–water partition coefficient (Wildman–Crippen LogP) is 3.32. The Morgan fingerprint density at radius 2 is 1.68 bits per heavy atom. The molecule has 0 aromatic heterocycles. The maximum absolute atomic E-state index is 12.0. The van der Waals surface area contributed by atoms with Crippen LogP contribution in [0.1, 0.15) is 72.1 Å². The number of carbonyl (C=O) groups excluding carboxylic acids is 2. The minimum absolute atomic E-state index is 0.00310. The zero-order valence-corrected chi connectivity index (χ0v) is 12.2. The fourth-order valence-electron chi connectivity index (χ4n) is 1.91. The van der Waals surface area contributed by atoms with Crippen molar-refractivity contribution in [3.05, 3.63) is 10.1 Å². The van der Waals surface area contributed by atoms with Gasteiger partial charge in [-0.1, -0.05) is 32.6 Å². The van der Waals surface area contributed by atoms with Crippen LogP contribution in [0.4, 0.5) is 0 Å². The van der Waals surface area contributed by atoms with Gasteiger partial charge in [0.05, 0.1) is 0 Å². The first-order chi connectivity index (χ1) is 8.84. The van der Waals surface area contributed by atoms with E-state index in [9.17, 15) is 19.7 Å². The van der Waals surface area contributed by atoms with Crippen molar-refractivity contribution in [2.45, 2.75) is 77.7 Å². The van der Waals surface area contributed by atoms with Gasteiger partial charge >= 0.3 is 0 Å². The highest BCUT2D eigenvalue weighted by Crippen LogP contribution is 2.21. The number of Topliss-reactive ketones (excluding diaryl/α,β-unsaturated/α-hetero) is 2. The highest BCUT2D eigenvalue weighted by molar-refractivity contribution is 5.87. The third-order valence-corrected chi connectivity index (χ3v) is 3.47. The summed E-state index contributed by atoms with van der Waals surface area (Å²) in [6.45, 7) is 4.83. The monoisotopic (exact) mass is 271 g/mol. The Hall–Kier alpha value is -1.26. The van der Waals surface area contributed by atoms with Gasteiger partial charge in [-0.3, -0.25) is 14.9 Å². The second-order valence-corrected chi connectivity index (χ2v) is 5.32. The lowest BCUT2D eigenvalue weighted by Crippen LogP contribution is -2.43. The molecule has 0 fully saturated rings. The van der Waals surface area contributed by atoms with Crippen LogP contribution in [-0.2, 0) is 9.59 Å². The van der Waals surface area contributed by atoms with Crippen molar-refractivity contribution in [2.75, 3.05) is 0 Å². The van der Waals surface area contributed by atoms with E-state index < -0.39 is 10.5 Å². The second kappa shape index (κ2) is 8.77. The molecule has 19 heavy (non-hydrogen) atoms. The van der Waals surface area contributed by atoms with E-state index in [-0.39, 0.29) is 30.8 Å². The highest BCUT2D eigenvalue weighted by Gasteiger charge is 2.44. The topological polar surface area (TPSA) is 77.3 Å². The molecule has 0 aromatic rings. The van der Waals surface area contributed by atoms with Crippen LogP contribution in [0.2, 0.25) is 0 Å². The summed E-state index contributed by atoms with van der Waals surface area (Å²) in [7, 11) is 0. The number of unbranched alkanes of at least 4 members (excludes halogenated alkanes) is 4. The van der Waals surface area contributed by atoms with Crippen molar-refractivity contribution in [1.29, 1.82) is 0 Å². The number of carbonyl (C=O) groups is 2. The summed E-state index contributed by atoms with van der Waals surface area (Å²) in [6.07, 6.45) is 5.26. The number of nitro groups is 1. The molecule has 0 aliphatic carbocycles. The average molecular weight is 271 g/mol. The molecule has 0 aliphatic heterocycles. The molecule has 0 spiro atoms. The van der Waals surface area contributed by atoms with E-state index in [1.54, 1.807) is 0 Å². The summed E-state index contributed by atoms with van der Waals surface area (Å²) in [6, 6.07) is 0. The van der Waals surface area contributed by atoms with E-state index in [0.29, 0.717) is 6.42 Å². The molecule has 0 saturated heterocycles. The van der Waals surface area contributed by atoms with Crippen molar-refractivity contribution in [3.8, 4) is 0 Å². The lowest BCUT2D eigenvalue weighted by molar-refractivity contribution is -0.548. The van der Waals surface area contributed by atoms with E-state index in [1.165, 1.54) is 13.8 Å². The second-order valence-electron chi connectivity index (χ2n) is 5.32. The standard InChI is InChI=1S/C14H25NO4/c1-4-5-6-7-8-9-13(17)14(3,15(18)19)11-10-12(2)16/h4-11H2,1-3H3. The molecule has 1 unspecified atom stereocenters. The van der Waals surface area contributed by atoms with E-state index in [4.69, 9.17) is 0 Å². The molecule has 0 rings (SSSR count). The lowest BCUT2D eigenvalue weighted by Gasteiger charge is -2.18. The van der Waals surface area contributed by atoms with Gasteiger partial charge in [-0.05, 0) is 13.3 Å². The fraction of sp³-hybridized carbons (Fsp3) is 0.857. The van der Waals surface area contributed by atoms with Crippen LogP contribution in [-0.4, -0.2) is 22.0 Å². The molecule has 5 heteroatoms. The molecule has 0 heterocycles. The first kappa shape index (κ1) is 17.7. The van der Waals surface area contributed by atoms with Crippen molar-refractivity contribution < 1.29 is 14.5 Å². The first-order valence-electron chi connectivity index (χ1n) is 7.01. The molecular weight excluding hydrogens is 246 g/mol. The summed E-state index contributed by atoms with van der Waals surface area (Å²) in [5.41, 5.74) is -1.60. The van der Waals surface area contributed by atoms with Gasteiger partial charge in [0, 0.05) is 31.1 Å². The Morgan fingerprint density at radius 1 is 1.11 bits per heavy atom. The molecule has 0 aromatic carbocycles. The minimum Gasteiger partial charge on any atom is -0.300 e. The Labute approximate surface area is 114 Å². The maximum atomic E-state index is 12.0. The van der Waals surface area contributed by atoms with Crippen molar-refractivity contribution >= 4 is 11.6 Å². The smallest absolute Gasteiger partial charge is 0.276 e. The molecule has 0 bridgehead atoms. The van der Waals surface area contributed by atoms with Gasteiger partial charge in [-0.15, -0.1) is 0 Å². The number of ketones is 2. The quantitative estimate of drug-likeness (QED) is 0.328. The van der Waals surface area contributed by atoms with Crippen LogP contribution in [0.15, 0.2) is 0 Å². The zero-order valence-electron chi connectivity index (χ0n) is 12.2. The first-order valence-corrected chi connectivity index (χ1v) is 7.01. The van der Waals surface area contributed by atoms with Crippen molar-refractivity contribution in [1.82, 2.24) is 0 Å². The molecule has 5 nitrogen and oxygen atoms in total. The predicted molar refractivity (Wildman–Crippen MR) is 73.7 cm³/mol. The van der Waals surface area contributed by atoms with E-state index in [0.717, 1.165) is 25.7 Å². The normalized spacial score (nSPS) is 13.8. The van der Waals surface area contributed by atoms with E-state index >= 15 is 0 Å². The molecule has 110 valence electrons. The van der Waals surface area contributed by atoms with Crippen LogP contribution < -0.4 is 0 Å². The molecule has 1 atom stereocenters. The Bertz CT molecular complexity index is 327. The van der Waals surface area contributed by atoms with Crippen LogP contribution in [0, 0.1) is 10.1 Å². The molecule has 0 saturated carbocycles. The fourth-order valence-corrected chi connectivity index (χ4v) is 1.91. The van der Waals surface area contributed by atoms with Gasteiger partial charge in [0.2, 0.25) is 5.78 Å². The SMILES string of the molecule is CCCCCCCC(=O)C(C)(CCC(C)=O)[N+](=O)[O-]. The van der Waals surface area contributed by atoms with E-state index in [2.05, 4.69) is 6.92 Å². The largest absolute Gasteiger partial charge is 0.300 e. The number of hydrogen-bond donors (Lipinski definition) is 0. The van der Waals surface area contributed by atoms with Gasteiger partial charge in [-0.2, -0.15) is 0 Å². The Kier molecular flexibility index (Phi) is 8.19.